The van der Waals surface area contributed by atoms with Gasteiger partial charge in [0.2, 0.25) is 0 Å². The molecule has 0 aliphatic heterocycles. The van der Waals surface area contributed by atoms with Crippen LogP contribution in [-0.4, -0.2) is 17.0 Å². The summed E-state index contributed by atoms with van der Waals surface area (Å²) in [6, 6.07) is 0. The van der Waals surface area contributed by atoms with Gasteiger partial charge < -0.3 is 4.57 Å². The van der Waals surface area contributed by atoms with E-state index in [0.717, 1.165) is 0 Å². The molecule has 1 saturated carbocycles. The highest BCUT2D eigenvalue weighted by Crippen LogP contribution is 2.62. The molecule has 1 aliphatic rings. The molecule has 2 heteroatoms. The van der Waals surface area contributed by atoms with E-state index in [-0.39, 0.29) is 0 Å². The second kappa shape index (κ2) is 4.84. The highest BCUT2D eigenvalue weighted by molar-refractivity contribution is 7.66. The Morgan fingerprint density at radius 2 is 1.36 bits per heavy atom. The van der Waals surface area contributed by atoms with E-state index in [9.17, 15) is 4.57 Å². The zero-order valence-corrected chi connectivity index (χ0v) is 11.0. The van der Waals surface area contributed by atoms with Crippen molar-refractivity contribution in [2.24, 2.45) is 0 Å². The first-order chi connectivity index (χ1) is 6.49. The van der Waals surface area contributed by atoms with Crippen LogP contribution in [0.4, 0.5) is 0 Å². The van der Waals surface area contributed by atoms with Gasteiger partial charge in [0.1, 0.15) is 0 Å². The monoisotopic (exact) mass is 216 g/mol. The molecule has 1 rings (SSSR count). The number of hydrogen-bond donors (Lipinski definition) is 0. The van der Waals surface area contributed by atoms with Gasteiger partial charge in [-0.1, -0.05) is 47.0 Å². The first kappa shape index (κ1) is 12.3. The van der Waals surface area contributed by atoms with Crippen molar-refractivity contribution in [1.29, 1.82) is 0 Å². The third-order valence-electron chi connectivity index (χ3n) is 3.76. The topological polar surface area (TPSA) is 17.1 Å². The summed E-state index contributed by atoms with van der Waals surface area (Å²) in [7, 11) is -1.94. The molecule has 0 atom stereocenters. The standard InChI is InChI=1S/C12H25OP/c1-10(2)14(13,11(3)4)12-8-6-5-7-9-12/h10-12H,5-9H2,1-4H3. The van der Waals surface area contributed by atoms with Crippen LogP contribution in [0.5, 0.6) is 0 Å². The smallest absolute Gasteiger partial charge is 0.0954 e. The molecule has 1 nitrogen and oxygen atoms in total. The average molecular weight is 216 g/mol. The van der Waals surface area contributed by atoms with Crippen LogP contribution in [0.3, 0.4) is 0 Å². The van der Waals surface area contributed by atoms with Gasteiger partial charge in [-0.05, 0) is 12.8 Å². The third kappa shape index (κ3) is 2.24. The lowest BCUT2D eigenvalue weighted by Crippen LogP contribution is -2.23. The maximum absolute atomic E-state index is 13.0. The molecule has 0 aromatic carbocycles. The lowest BCUT2D eigenvalue weighted by atomic mass is 10.0. The van der Waals surface area contributed by atoms with Crippen molar-refractivity contribution in [2.45, 2.75) is 76.8 Å². The zero-order valence-electron chi connectivity index (χ0n) is 10.1. The zero-order chi connectivity index (χ0) is 10.8. The molecular weight excluding hydrogens is 191 g/mol. The van der Waals surface area contributed by atoms with E-state index >= 15 is 0 Å². The second-order valence-corrected chi connectivity index (χ2v) is 9.57. The summed E-state index contributed by atoms with van der Waals surface area (Å²) in [4.78, 5) is 0. The molecule has 0 N–H and O–H groups in total. The largest absolute Gasteiger partial charge is 0.323 e. The van der Waals surface area contributed by atoms with E-state index in [2.05, 4.69) is 27.7 Å². The lowest BCUT2D eigenvalue weighted by molar-refractivity contribution is 0.474. The van der Waals surface area contributed by atoms with Gasteiger partial charge in [-0.3, -0.25) is 0 Å². The molecule has 14 heavy (non-hydrogen) atoms. The Labute approximate surface area is 89.0 Å². The Bertz CT molecular complexity index is 202. The van der Waals surface area contributed by atoms with Gasteiger partial charge >= 0.3 is 0 Å². The van der Waals surface area contributed by atoms with Crippen molar-refractivity contribution in [2.75, 3.05) is 0 Å². The summed E-state index contributed by atoms with van der Waals surface area (Å²) in [5, 5.41) is 0. The lowest BCUT2D eigenvalue weighted by Gasteiger charge is -2.36. The van der Waals surface area contributed by atoms with E-state index in [0.29, 0.717) is 17.0 Å². The van der Waals surface area contributed by atoms with Crippen molar-refractivity contribution >= 4 is 7.14 Å². The Morgan fingerprint density at radius 1 is 0.929 bits per heavy atom. The van der Waals surface area contributed by atoms with Crippen LogP contribution < -0.4 is 0 Å². The second-order valence-electron chi connectivity index (χ2n) is 5.24. The van der Waals surface area contributed by atoms with Crippen LogP contribution in [0.15, 0.2) is 0 Å². The number of rotatable bonds is 3. The van der Waals surface area contributed by atoms with E-state index in [1.807, 2.05) is 0 Å². The van der Waals surface area contributed by atoms with Crippen molar-refractivity contribution in [3.8, 4) is 0 Å². The summed E-state index contributed by atoms with van der Waals surface area (Å²) in [5.41, 5.74) is 1.30. The summed E-state index contributed by atoms with van der Waals surface area (Å²) >= 11 is 0. The molecular formula is C12H25OP. The molecule has 0 bridgehead atoms. The first-order valence-corrected chi connectivity index (χ1v) is 8.00. The minimum absolute atomic E-state index is 0.380. The fourth-order valence-corrected chi connectivity index (χ4v) is 6.98. The summed E-state index contributed by atoms with van der Waals surface area (Å²) in [5.74, 6) is 0. The van der Waals surface area contributed by atoms with Gasteiger partial charge in [0.05, 0.1) is 7.14 Å². The normalized spacial score (nSPS) is 20.7. The van der Waals surface area contributed by atoms with Gasteiger partial charge in [0.15, 0.2) is 0 Å². The van der Waals surface area contributed by atoms with Crippen LogP contribution in [0.2, 0.25) is 0 Å². The summed E-state index contributed by atoms with van der Waals surface area (Å²) in [6.45, 7) is 8.59. The summed E-state index contributed by atoms with van der Waals surface area (Å²) < 4.78 is 13.0. The highest BCUT2D eigenvalue weighted by Gasteiger charge is 2.38. The number of hydrogen-bond acceptors (Lipinski definition) is 1. The Hall–Kier alpha value is 0.230. The van der Waals surface area contributed by atoms with Crippen LogP contribution >= 0.6 is 7.14 Å². The van der Waals surface area contributed by atoms with Crippen molar-refractivity contribution in [3.63, 3.8) is 0 Å². The van der Waals surface area contributed by atoms with E-state index in [1.54, 1.807) is 0 Å². The van der Waals surface area contributed by atoms with Gasteiger partial charge in [-0.15, -0.1) is 0 Å². The molecule has 0 radical (unpaired) electrons. The molecule has 0 unspecified atom stereocenters. The predicted octanol–water partition coefficient (Wildman–Crippen LogP) is 4.50. The van der Waals surface area contributed by atoms with Gasteiger partial charge in [-0.2, -0.15) is 0 Å². The minimum Gasteiger partial charge on any atom is -0.323 e. The van der Waals surface area contributed by atoms with E-state index in [4.69, 9.17) is 0 Å². The molecule has 0 amide bonds. The maximum Gasteiger partial charge on any atom is 0.0954 e. The highest BCUT2D eigenvalue weighted by atomic mass is 31.2. The third-order valence-corrected chi connectivity index (χ3v) is 8.65. The fraction of sp³-hybridized carbons (Fsp3) is 1.00. The van der Waals surface area contributed by atoms with Crippen LogP contribution in [-0.2, 0) is 4.57 Å². The Morgan fingerprint density at radius 3 is 1.71 bits per heavy atom. The molecule has 0 aromatic rings. The van der Waals surface area contributed by atoms with E-state index < -0.39 is 7.14 Å². The van der Waals surface area contributed by atoms with Gasteiger partial charge in [0, 0.05) is 17.0 Å². The fourth-order valence-electron chi connectivity index (χ4n) is 2.92. The van der Waals surface area contributed by atoms with Crippen molar-refractivity contribution < 1.29 is 4.57 Å². The molecule has 0 heterocycles. The minimum atomic E-state index is -1.94. The molecule has 1 aliphatic carbocycles. The quantitative estimate of drug-likeness (QED) is 0.635. The maximum atomic E-state index is 13.0. The first-order valence-electron chi connectivity index (χ1n) is 6.08. The SMILES string of the molecule is CC(C)P(=O)(C(C)C)C1CCCCC1. The molecule has 0 spiro atoms. The van der Waals surface area contributed by atoms with Crippen LogP contribution in [0, 0.1) is 0 Å². The Kier molecular flexibility index (Phi) is 4.25. The van der Waals surface area contributed by atoms with Crippen molar-refractivity contribution in [1.82, 2.24) is 0 Å². The predicted molar refractivity (Wildman–Crippen MR) is 64.8 cm³/mol. The Balaban J connectivity index is 2.81. The molecule has 84 valence electrons. The van der Waals surface area contributed by atoms with Crippen molar-refractivity contribution in [3.05, 3.63) is 0 Å². The van der Waals surface area contributed by atoms with E-state index in [1.165, 1.54) is 32.1 Å². The van der Waals surface area contributed by atoms with Gasteiger partial charge in [-0.25, -0.2) is 0 Å². The van der Waals surface area contributed by atoms with Crippen LogP contribution in [0.1, 0.15) is 59.8 Å². The molecule has 1 fully saturated rings. The average Bonchev–Trinajstić information content (AvgIpc) is 2.17. The van der Waals surface area contributed by atoms with Gasteiger partial charge in [0.25, 0.3) is 0 Å². The molecule has 0 saturated heterocycles. The summed E-state index contributed by atoms with van der Waals surface area (Å²) in [6.07, 6.45) is 6.39. The van der Waals surface area contributed by atoms with Crippen LogP contribution in [0.25, 0.3) is 0 Å². The molecule has 0 aromatic heterocycles.